The van der Waals surface area contributed by atoms with Gasteiger partial charge in [0, 0.05) is 17.1 Å². The van der Waals surface area contributed by atoms with E-state index >= 15 is 0 Å². The molecule has 1 nitrogen and oxygen atoms in total. The van der Waals surface area contributed by atoms with Crippen LogP contribution in [-0.4, -0.2) is 18.6 Å². The molecule has 1 aromatic carbocycles. The Hall–Kier alpha value is -0.250. The Morgan fingerprint density at radius 2 is 2.00 bits per heavy atom. The van der Waals surface area contributed by atoms with Crippen LogP contribution in [0.2, 0.25) is 5.02 Å². The van der Waals surface area contributed by atoms with Gasteiger partial charge in [-0.25, -0.2) is 4.39 Å². The van der Waals surface area contributed by atoms with Crippen molar-refractivity contribution in [1.82, 2.24) is 5.32 Å². The molecular weight excluding hydrogens is 269 g/mol. The first-order valence-electron chi connectivity index (χ1n) is 6.38. The topological polar surface area (TPSA) is 12.0 Å². The van der Waals surface area contributed by atoms with Crippen molar-refractivity contribution in [3.8, 4) is 0 Å². The Balaban J connectivity index is 2.11. The predicted molar refractivity (Wildman–Crippen MR) is 80.0 cm³/mol. The predicted octanol–water partition coefficient (Wildman–Crippen LogP) is 4.49. The Kier molecular flexibility index (Phi) is 8.47. The second-order valence-electron chi connectivity index (χ2n) is 4.28. The van der Waals surface area contributed by atoms with Crippen molar-refractivity contribution in [3.05, 3.63) is 34.6 Å². The first-order chi connectivity index (χ1) is 8.75. The molecule has 0 spiro atoms. The molecule has 0 aliphatic carbocycles. The van der Waals surface area contributed by atoms with Gasteiger partial charge in [-0.3, -0.25) is 0 Å². The first-order valence-corrected chi connectivity index (χ1v) is 8.15. The molecule has 0 saturated carbocycles. The Bertz CT molecular complexity index is 326. The molecule has 0 saturated heterocycles. The summed E-state index contributed by atoms with van der Waals surface area (Å²) in [6.45, 7) is 1.43. The average molecular weight is 290 g/mol. The number of halogens is 2. The van der Waals surface area contributed by atoms with Crippen LogP contribution in [0.4, 0.5) is 4.39 Å². The summed E-state index contributed by atoms with van der Waals surface area (Å²) in [5.74, 6) is 1.02. The van der Waals surface area contributed by atoms with Crippen molar-refractivity contribution in [1.29, 1.82) is 0 Å². The molecule has 0 unspecified atom stereocenters. The fraction of sp³-hybridized carbons (Fsp3) is 0.571. The number of benzene rings is 1. The van der Waals surface area contributed by atoms with Gasteiger partial charge in [0.05, 0.1) is 0 Å². The molecule has 0 fully saturated rings. The molecule has 1 rings (SSSR count). The fourth-order valence-corrected chi connectivity index (χ4v) is 2.49. The summed E-state index contributed by atoms with van der Waals surface area (Å²) in [6, 6.07) is 4.81. The van der Waals surface area contributed by atoms with Gasteiger partial charge < -0.3 is 5.32 Å². The Morgan fingerprint density at radius 1 is 1.22 bits per heavy atom. The third-order valence-electron chi connectivity index (χ3n) is 2.82. The second kappa shape index (κ2) is 9.65. The quantitative estimate of drug-likeness (QED) is 0.672. The van der Waals surface area contributed by atoms with E-state index in [2.05, 4.69) is 11.6 Å². The summed E-state index contributed by atoms with van der Waals surface area (Å²) in [6.07, 6.45) is 7.09. The van der Waals surface area contributed by atoms with Crippen LogP contribution in [0, 0.1) is 5.82 Å². The zero-order valence-corrected chi connectivity index (χ0v) is 12.4. The van der Waals surface area contributed by atoms with Gasteiger partial charge in [0.15, 0.2) is 0 Å². The highest BCUT2D eigenvalue weighted by molar-refractivity contribution is 7.98. The van der Waals surface area contributed by atoms with Crippen molar-refractivity contribution < 1.29 is 4.39 Å². The molecule has 0 aromatic heterocycles. The monoisotopic (exact) mass is 289 g/mol. The summed E-state index contributed by atoms with van der Waals surface area (Å²) in [5, 5.41) is 3.75. The summed E-state index contributed by atoms with van der Waals surface area (Å²) in [5.41, 5.74) is 0.571. The number of nitrogens with one attached hydrogen (secondary N) is 1. The van der Waals surface area contributed by atoms with E-state index in [-0.39, 0.29) is 5.82 Å². The van der Waals surface area contributed by atoms with Crippen LogP contribution in [0.5, 0.6) is 0 Å². The van der Waals surface area contributed by atoms with Gasteiger partial charge in [0.25, 0.3) is 0 Å². The highest BCUT2D eigenvalue weighted by Crippen LogP contribution is 2.18. The number of rotatable bonds is 9. The van der Waals surface area contributed by atoms with Crippen LogP contribution >= 0.6 is 23.4 Å². The van der Waals surface area contributed by atoms with Crippen molar-refractivity contribution in [3.63, 3.8) is 0 Å². The van der Waals surface area contributed by atoms with Crippen molar-refractivity contribution in [2.75, 3.05) is 18.6 Å². The standard InChI is InChI=1S/C14H21ClFNS/c1-18-10-5-3-2-4-9-17-11-12-13(15)7-6-8-14(12)16/h6-8,17H,2-5,9-11H2,1H3. The van der Waals surface area contributed by atoms with Gasteiger partial charge in [-0.1, -0.05) is 30.5 Å². The van der Waals surface area contributed by atoms with Crippen LogP contribution in [0.3, 0.4) is 0 Å². The maximum Gasteiger partial charge on any atom is 0.129 e. The molecule has 1 aromatic rings. The maximum absolute atomic E-state index is 13.4. The van der Waals surface area contributed by atoms with Crippen LogP contribution < -0.4 is 5.32 Å². The zero-order chi connectivity index (χ0) is 13.2. The van der Waals surface area contributed by atoms with Crippen LogP contribution in [0.25, 0.3) is 0 Å². The third kappa shape index (κ3) is 6.07. The molecule has 0 aliphatic rings. The summed E-state index contributed by atoms with van der Waals surface area (Å²) < 4.78 is 13.4. The van der Waals surface area contributed by atoms with E-state index in [1.165, 1.54) is 31.1 Å². The highest BCUT2D eigenvalue weighted by Gasteiger charge is 2.05. The summed E-state index contributed by atoms with van der Waals surface area (Å²) in [7, 11) is 0. The molecule has 102 valence electrons. The van der Waals surface area contributed by atoms with Crippen molar-refractivity contribution in [2.24, 2.45) is 0 Å². The molecule has 0 amide bonds. The summed E-state index contributed by atoms with van der Waals surface area (Å²) in [4.78, 5) is 0. The normalized spacial score (nSPS) is 10.8. The van der Waals surface area contributed by atoms with Gasteiger partial charge in [-0.05, 0) is 43.5 Å². The number of hydrogen-bond donors (Lipinski definition) is 1. The van der Waals surface area contributed by atoms with Crippen LogP contribution in [-0.2, 0) is 6.54 Å². The van der Waals surface area contributed by atoms with E-state index in [0.29, 0.717) is 17.1 Å². The minimum Gasteiger partial charge on any atom is -0.313 e. The lowest BCUT2D eigenvalue weighted by molar-refractivity contribution is 0.568. The third-order valence-corrected chi connectivity index (χ3v) is 3.87. The molecular formula is C14H21ClFNS. The smallest absolute Gasteiger partial charge is 0.129 e. The van der Waals surface area contributed by atoms with E-state index in [1.807, 2.05) is 11.8 Å². The van der Waals surface area contributed by atoms with E-state index in [4.69, 9.17) is 11.6 Å². The lowest BCUT2D eigenvalue weighted by Gasteiger charge is -2.07. The lowest BCUT2D eigenvalue weighted by atomic mass is 10.2. The van der Waals surface area contributed by atoms with Crippen LogP contribution in [0.15, 0.2) is 18.2 Å². The van der Waals surface area contributed by atoms with E-state index in [9.17, 15) is 4.39 Å². The van der Waals surface area contributed by atoms with Gasteiger partial charge in [-0.2, -0.15) is 11.8 Å². The summed E-state index contributed by atoms with van der Waals surface area (Å²) >= 11 is 7.84. The average Bonchev–Trinajstić information content (AvgIpc) is 2.35. The molecule has 4 heteroatoms. The lowest BCUT2D eigenvalue weighted by Crippen LogP contribution is -2.16. The van der Waals surface area contributed by atoms with Gasteiger partial charge in [-0.15, -0.1) is 0 Å². The van der Waals surface area contributed by atoms with E-state index in [0.717, 1.165) is 13.0 Å². The van der Waals surface area contributed by atoms with E-state index < -0.39 is 0 Å². The van der Waals surface area contributed by atoms with Crippen molar-refractivity contribution in [2.45, 2.75) is 32.2 Å². The zero-order valence-electron chi connectivity index (χ0n) is 10.8. The van der Waals surface area contributed by atoms with E-state index in [1.54, 1.807) is 12.1 Å². The molecule has 18 heavy (non-hydrogen) atoms. The maximum atomic E-state index is 13.4. The van der Waals surface area contributed by atoms with Crippen LogP contribution in [0.1, 0.15) is 31.2 Å². The molecule has 0 aliphatic heterocycles. The van der Waals surface area contributed by atoms with Gasteiger partial charge in [0.1, 0.15) is 5.82 Å². The molecule has 0 heterocycles. The second-order valence-corrected chi connectivity index (χ2v) is 5.68. The van der Waals surface area contributed by atoms with Gasteiger partial charge >= 0.3 is 0 Å². The fourth-order valence-electron chi connectivity index (χ4n) is 1.76. The molecule has 0 bridgehead atoms. The Labute approximate surface area is 118 Å². The Morgan fingerprint density at radius 3 is 2.72 bits per heavy atom. The SMILES string of the molecule is CSCCCCCCNCc1c(F)cccc1Cl. The number of hydrogen-bond acceptors (Lipinski definition) is 2. The largest absolute Gasteiger partial charge is 0.313 e. The first kappa shape index (κ1) is 15.8. The number of unbranched alkanes of at least 4 members (excludes halogenated alkanes) is 3. The molecule has 1 N–H and O–H groups in total. The highest BCUT2D eigenvalue weighted by atomic mass is 35.5. The van der Waals surface area contributed by atoms with Crippen molar-refractivity contribution >= 4 is 23.4 Å². The minimum absolute atomic E-state index is 0.227. The molecule has 0 atom stereocenters. The minimum atomic E-state index is -0.227. The molecule has 0 radical (unpaired) electrons. The number of thioether (sulfide) groups is 1. The van der Waals surface area contributed by atoms with Gasteiger partial charge in [0.2, 0.25) is 0 Å².